The molecule has 1 heterocycles. The van der Waals surface area contributed by atoms with Crippen LogP contribution >= 0.6 is 0 Å². The Balaban J connectivity index is 2.22. The molecule has 0 aromatic heterocycles. The highest BCUT2D eigenvalue weighted by atomic mass is 15.2. The summed E-state index contributed by atoms with van der Waals surface area (Å²) in [5.74, 6) is 0.695. The van der Waals surface area contributed by atoms with Crippen LogP contribution in [0.25, 0.3) is 0 Å². The third-order valence-corrected chi connectivity index (χ3v) is 4.62. The summed E-state index contributed by atoms with van der Waals surface area (Å²) in [5, 5.41) is 3.63. The lowest BCUT2D eigenvalue weighted by Gasteiger charge is -2.42. The first-order valence-electron chi connectivity index (χ1n) is 7.92. The summed E-state index contributed by atoms with van der Waals surface area (Å²) in [5.41, 5.74) is 5.78. The van der Waals surface area contributed by atoms with Gasteiger partial charge in [-0.05, 0) is 50.3 Å². The standard InChI is InChI=1S/C18H30N2/c1-12(2)18-9-19-16(6)10-20(18)11-17-14(4)7-13(3)8-15(17)5/h7-8,12,16,18-19H,9-11H2,1-6H3. The Hall–Kier alpha value is -0.860. The average Bonchev–Trinajstić information content (AvgIpc) is 2.33. The summed E-state index contributed by atoms with van der Waals surface area (Å²) >= 11 is 0. The average molecular weight is 274 g/mol. The van der Waals surface area contributed by atoms with E-state index in [1.165, 1.54) is 22.3 Å². The predicted molar refractivity (Wildman–Crippen MR) is 87.2 cm³/mol. The highest BCUT2D eigenvalue weighted by Gasteiger charge is 2.28. The van der Waals surface area contributed by atoms with Gasteiger partial charge in [-0.15, -0.1) is 0 Å². The van der Waals surface area contributed by atoms with Crippen molar-refractivity contribution in [1.29, 1.82) is 0 Å². The molecule has 2 atom stereocenters. The quantitative estimate of drug-likeness (QED) is 0.908. The molecule has 2 nitrogen and oxygen atoms in total. The van der Waals surface area contributed by atoms with Gasteiger partial charge < -0.3 is 5.32 Å². The van der Waals surface area contributed by atoms with Crippen molar-refractivity contribution in [2.75, 3.05) is 13.1 Å². The molecule has 1 saturated heterocycles. The number of benzene rings is 1. The second-order valence-corrected chi connectivity index (χ2v) is 6.93. The van der Waals surface area contributed by atoms with E-state index < -0.39 is 0 Å². The van der Waals surface area contributed by atoms with E-state index in [1.54, 1.807) is 0 Å². The van der Waals surface area contributed by atoms with Crippen molar-refractivity contribution in [1.82, 2.24) is 10.2 Å². The van der Waals surface area contributed by atoms with Crippen LogP contribution in [0.2, 0.25) is 0 Å². The van der Waals surface area contributed by atoms with Crippen LogP contribution in [0.4, 0.5) is 0 Å². The van der Waals surface area contributed by atoms with E-state index in [1.807, 2.05) is 0 Å². The summed E-state index contributed by atoms with van der Waals surface area (Å²) in [4.78, 5) is 2.68. The second-order valence-electron chi connectivity index (χ2n) is 6.93. The van der Waals surface area contributed by atoms with Crippen molar-refractivity contribution < 1.29 is 0 Å². The molecule has 1 fully saturated rings. The first-order valence-corrected chi connectivity index (χ1v) is 7.92. The minimum Gasteiger partial charge on any atom is -0.311 e. The smallest absolute Gasteiger partial charge is 0.0247 e. The Morgan fingerprint density at radius 2 is 1.80 bits per heavy atom. The molecule has 0 amide bonds. The molecule has 1 aromatic carbocycles. The van der Waals surface area contributed by atoms with Crippen molar-refractivity contribution in [2.24, 2.45) is 5.92 Å². The van der Waals surface area contributed by atoms with Crippen molar-refractivity contribution in [3.8, 4) is 0 Å². The number of rotatable bonds is 3. The molecule has 0 radical (unpaired) electrons. The van der Waals surface area contributed by atoms with Crippen LogP contribution in [0.15, 0.2) is 12.1 Å². The summed E-state index contributed by atoms with van der Waals surface area (Å²) in [6, 6.07) is 5.87. The zero-order chi connectivity index (χ0) is 14.9. The van der Waals surface area contributed by atoms with Crippen LogP contribution < -0.4 is 5.32 Å². The molecule has 2 unspecified atom stereocenters. The molecule has 0 saturated carbocycles. The monoisotopic (exact) mass is 274 g/mol. The van der Waals surface area contributed by atoms with Crippen molar-refractivity contribution >= 4 is 0 Å². The second kappa shape index (κ2) is 6.28. The van der Waals surface area contributed by atoms with Gasteiger partial charge >= 0.3 is 0 Å². The third kappa shape index (κ3) is 3.42. The highest BCUT2D eigenvalue weighted by molar-refractivity contribution is 5.37. The lowest BCUT2D eigenvalue weighted by Crippen LogP contribution is -2.56. The SMILES string of the molecule is Cc1cc(C)c(CN2CC(C)NCC2C(C)C)c(C)c1. The molecule has 2 heteroatoms. The normalized spacial score (nSPS) is 24.4. The Bertz CT molecular complexity index is 441. The van der Waals surface area contributed by atoms with Crippen molar-refractivity contribution in [3.63, 3.8) is 0 Å². The summed E-state index contributed by atoms with van der Waals surface area (Å²) in [6.07, 6.45) is 0. The largest absolute Gasteiger partial charge is 0.311 e. The van der Waals surface area contributed by atoms with Crippen molar-refractivity contribution in [2.45, 2.75) is 60.2 Å². The van der Waals surface area contributed by atoms with Crippen LogP contribution in [0.5, 0.6) is 0 Å². The maximum atomic E-state index is 3.63. The van der Waals surface area contributed by atoms with Crippen LogP contribution in [0.1, 0.15) is 43.0 Å². The fraction of sp³-hybridized carbons (Fsp3) is 0.667. The van der Waals surface area contributed by atoms with Gasteiger partial charge in [-0.3, -0.25) is 4.90 Å². The summed E-state index contributed by atoms with van der Waals surface area (Å²) in [6.45, 7) is 17.0. The zero-order valence-corrected chi connectivity index (χ0v) is 14.0. The van der Waals surface area contributed by atoms with Gasteiger partial charge in [0.25, 0.3) is 0 Å². The predicted octanol–water partition coefficient (Wildman–Crippen LogP) is 3.43. The Labute approximate surface area is 124 Å². The molecule has 0 spiro atoms. The molecular formula is C18H30N2. The molecular weight excluding hydrogens is 244 g/mol. The van der Waals surface area contributed by atoms with E-state index in [0.29, 0.717) is 18.0 Å². The molecule has 1 N–H and O–H groups in total. The maximum Gasteiger partial charge on any atom is 0.0247 e. The molecule has 1 aliphatic rings. The lowest BCUT2D eigenvalue weighted by atomic mass is 9.95. The lowest BCUT2D eigenvalue weighted by molar-refractivity contribution is 0.0952. The van der Waals surface area contributed by atoms with E-state index in [2.05, 4.69) is 63.9 Å². The van der Waals surface area contributed by atoms with Crippen LogP contribution in [0.3, 0.4) is 0 Å². The molecule has 20 heavy (non-hydrogen) atoms. The topological polar surface area (TPSA) is 15.3 Å². The number of hydrogen-bond acceptors (Lipinski definition) is 2. The van der Waals surface area contributed by atoms with Crippen LogP contribution in [-0.2, 0) is 6.54 Å². The van der Waals surface area contributed by atoms with E-state index in [4.69, 9.17) is 0 Å². The Kier molecular flexibility index (Phi) is 4.87. The molecule has 112 valence electrons. The summed E-state index contributed by atoms with van der Waals surface area (Å²) < 4.78 is 0. The van der Waals surface area contributed by atoms with Gasteiger partial charge in [-0.25, -0.2) is 0 Å². The Morgan fingerprint density at radius 1 is 1.20 bits per heavy atom. The number of hydrogen-bond donors (Lipinski definition) is 1. The third-order valence-electron chi connectivity index (χ3n) is 4.62. The van der Waals surface area contributed by atoms with Gasteiger partial charge in [0.2, 0.25) is 0 Å². The number of nitrogens with zero attached hydrogens (tertiary/aromatic N) is 1. The van der Waals surface area contributed by atoms with Gasteiger partial charge in [0.15, 0.2) is 0 Å². The Morgan fingerprint density at radius 3 is 2.35 bits per heavy atom. The van der Waals surface area contributed by atoms with E-state index in [9.17, 15) is 0 Å². The minimum absolute atomic E-state index is 0.594. The van der Waals surface area contributed by atoms with Gasteiger partial charge in [-0.1, -0.05) is 31.5 Å². The van der Waals surface area contributed by atoms with Gasteiger partial charge in [0.05, 0.1) is 0 Å². The molecule has 2 rings (SSSR count). The van der Waals surface area contributed by atoms with Crippen molar-refractivity contribution in [3.05, 3.63) is 34.4 Å². The fourth-order valence-electron chi connectivity index (χ4n) is 3.50. The number of aryl methyl sites for hydroxylation is 3. The van der Waals surface area contributed by atoms with E-state index in [0.717, 1.165) is 19.6 Å². The van der Waals surface area contributed by atoms with Crippen LogP contribution in [-0.4, -0.2) is 30.1 Å². The zero-order valence-electron chi connectivity index (χ0n) is 14.0. The first-order chi connectivity index (χ1) is 9.38. The molecule has 1 aliphatic heterocycles. The van der Waals surface area contributed by atoms with Gasteiger partial charge in [0, 0.05) is 31.7 Å². The van der Waals surface area contributed by atoms with E-state index in [-0.39, 0.29) is 0 Å². The minimum atomic E-state index is 0.594. The van der Waals surface area contributed by atoms with Gasteiger partial charge in [0.1, 0.15) is 0 Å². The fourth-order valence-corrected chi connectivity index (χ4v) is 3.50. The molecule has 1 aromatic rings. The highest BCUT2D eigenvalue weighted by Crippen LogP contribution is 2.23. The van der Waals surface area contributed by atoms with Crippen LogP contribution in [0, 0.1) is 26.7 Å². The summed E-state index contributed by atoms with van der Waals surface area (Å²) in [7, 11) is 0. The van der Waals surface area contributed by atoms with E-state index >= 15 is 0 Å². The number of piperazine rings is 1. The molecule has 0 aliphatic carbocycles. The number of nitrogens with one attached hydrogen (secondary N) is 1. The maximum absolute atomic E-state index is 3.63. The van der Waals surface area contributed by atoms with Gasteiger partial charge in [-0.2, -0.15) is 0 Å². The first kappa shape index (κ1) is 15.5. The molecule has 0 bridgehead atoms.